The standard InChI is InChI=1S/C8H13NO2/c1-5(10)6-2-3-7(4-6)8(9)11/h6-7H,2-4H2,1H3,(H2,9,11). The quantitative estimate of drug-likeness (QED) is 0.630. The summed E-state index contributed by atoms with van der Waals surface area (Å²) in [4.78, 5) is 21.5. The Morgan fingerprint density at radius 1 is 1.27 bits per heavy atom. The van der Waals surface area contributed by atoms with E-state index in [2.05, 4.69) is 0 Å². The molecule has 2 N–H and O–H groups in total. The second-order valence-corrected chi connectivity index (χ2v) is 3.22. The molecular formula is C8H13NO2. The molecule has 0 aromatic heterocycles. The van der Waals surface area contributed by atoms with Crippen LogP contribution in [0.2, 0.25) is 0 Å². The largest absolute Gasteiger partial charge is 0.369 e. The molecule has 11 heavy (non-hydrogen) atoms. The van der Waals surface area contributed by atoms with Gasteiger partial charge in [0.1, 0.15) is 5.78 Å². The maximum Gasteiger partial charge on any atom is 0.220 e. The summed E-state index contributed by atoms with van der Waals surface area (Å²) in [5.74, 6) is -0.0288. The van der Waals surface area contributed by atoms with Crippen molar-refractivity contribution in [3.05, 3.63) is 0 Å². The summed E-state index contributed by atoms with van der Waals surface area (Å²) in [5.41, 5.74) is 5.11. The van der Waals surface area contributed by atoms with Gasteiger partial charge in [-0.15, -0.1) is 0 Å². The van der Waals surface area contributed by atoms with Crippen molar-refractivity contribution >= 4 is 11.7 Å². The average molecular weight is 155 g/mol. The minimum absolute atomic E-state index is 0.0519. The van der Waals surface area contributed by atoms with Gasteiger partial charge in [0.15, 0.2) is 0 Å². The maximum atomic E-state index is 10.9. The SMILES string of the molecule is CC(=O)C1CCC(C(N)=O)C1. The Bertz CT molecular complexity index is 169. The van der Waals surface area contributed by atoms with Crippen molar-refractivity contribution in [2.45, 2.75) is 26.2 Å². The summed E-state index contributed by atoms with van der Waals surface area (Å²) in [6.45, 7) is 1.58. The summed E-state index contributed by atoms with van der Waals surface area (Å²) in [6, 6.07) is 0. The second-order valence-electron chi connectivity index (χ2n) is 3.22. The third kappa shape index (κ3) is 1.79. The van der Waals surface area contributed by atoms with E-state index in [4.69, 9.17) is 5.73 Å². The average Bonchev–Trinajstić information content (AvgIpc) is 2.33. The zero-order chi connectivity index (χ0) is 8.43. The monoisotopic (exact) mass is 155 g/mol. The highest BCUT2D eigenvalue weighted by Crippen LogP contribution is 2.30. The van der Waals surface area contributed by atoms with Crippen LogP contribution in [0.5, 0.6) is 0 Å². The molecule has 0 aliphatic heterocycles. The molecule has 2 atom stereocenters. The molecule has 0 spiro atoms. The van der Waals surface area contributed by atoms with Gasteiger partial charge in [-0.25, -0.2) is 0 Å². The Balaban J connectivity index is 2.47. The molecule has 3 heteroatoms. The Labute approximate surface area is 66.0 Å². The molecule has 1 saturated carbocycles. The minimum Gasteiger partial charge on any atom is -0.369 e. The summed E-state index contributed by atoms with van der Waals surface area (Å²) in [6.07, 6.45) is 2.30. The van der Waals surface area contributed by atoms with Crippen molar-refractivity contribution in [3.8, 4) is 0 Å². The smallest absolute Gasteiger partial charge is 0.220 e. The molecule has 62 valence electrons. The van der Waals surface area contributed by atoms with E-state index in [1.807, 2.05) is 0 Å². The van der Waals surface area contributed by atoms with Crippen LogP contribution in [0.3, 0.4) is 0 Å². The van der Waals surface area contributed by atoms with Gasteiger partial charge in [0, 0.05) is 11.8 Å². The van der Waals surface area contributed by atoms with Gasteiger partial charge in [-0.1, -0.05) is 0 Å². The van der Waals surface area contributed by atoms with Crippen molar-refractivity contribution in [1.29, 1.82) is 0 Å². The van der Waals surface area contributed by atoms with E-state index >= 15 is 0 Å². The first-order valence-corrected chi connectivity index (χ1v) is 3.91. The topological polar surface area (TPSA) is 60.2 Å². The van der Waals surface area contributed by atoms with Crippen LogP contribution in [-0.2, 0) is 9.59 Å². The summed E-state index contributed by atoms with van der Waals surface area (Å²) in [7, 11) is 0. The highest BCUT2D eigenvalue weighted by molar-refractivity contribution is 5.82. The normalized spacial score (nSPS) is 30.3. The fraction of sp³-hybridized carbons (Fsp3) is 0.750. The highest BCUT2D eigenvalue weighted by Gasteiger charge is 2.30. The summed E-state index contributed by atoms with van der Waals surface area (Å²) in [5, 5.41) is 0. The number of amides is 1. The van der Waals surface area contributed by atoms with E-state index in [0.717, 1.165) is 12.8 Å². The number of primary amides is 1. The van der Waals surface area contributed by atoms with Crippen molar-refractivity contribution < 1.29 is 9.59 Å². The lowest BCUT2D eigenvalue weighted by Gasteiger charge is -2.03. The van der Waals surface area contributed by atoms with E-state index in [1.54, 1.807) is 6.92 Å². The van der Waals surface area contributed by atoms with Crippen molar-refractivity contribution in [1.82, 2.24) is 0 Å². The van der Waals surface area contributed by atoms with E-state index in [0.29, 0.717) is 6.42 Å². The number of ketones is 1. The highest BCUT2D eigenvalue weighted by atomic mass is 16.1. The Morgan fingerprint density at radius 2 is 1.82 bits per heavy atom. The fourth-order valence-electron chi connectivity index (χ4n) is 1.61. The first kappa shape index (κ1) is 8.24. The molecule has 3 nitrogen and oxygen atoms in total. The van der Waals surface area contributed by atoms with E-state index < -0.39 is 0 Å². The van der Waals surface area contributed by atoms with Crippen LogP contribution in [0, 0.1) is 11.8 Å². The van der Waals surface area contributed by atoms with Gasteiger partial charge in [-0.3, -0.25) is 9.59 Å². The number of hydrogen-bond acceptors (Lipinski definition) is 2. The van der Waals surface area contributed by atoms with Gasteiger partial charge < -0.3 is 5.73 Å². The molecule has 1 aliphatic rings. The Kier molecular flexibility index (Phi) is 2.27. The molecule has 2 unspecified atom stereocenters. The summed E-state index contributed by atoms with van der Waals surface area (Å²) >= 11 is 0. The molecule has 0 saturated heterocycles. The maximum absolute atomic E-state index is 10.9. The van der Waals surface area contributed by atoms with E-state index in [9.17, 15) is 9.59 Å². The van der Waals surface area contributed by atoms with Crippen LogP contribution in [0.4, 0.5) is 0 Å². The third-order valence-corrected chi connectivity index (χ3v) is 2.41. The van der Waals surface area contributed by atoms with Crippen LogP contribution >= 0.6 is 0 Å². The van der Waals surface area contributed by atoms with Gasteiger partial charge >= 0.3 is 0 Å². The molecule has 1 amide bonds. The van der Waals surface area contributed by atoms with Gasteiger partial charge in [0.2, 0.25) is 5.91 Å². The second kappa shape index (κ2) is 3.03. The van der Waals surface area contributed by atoms with Gasteiger partial charge in [0.25, 0.3) is 0 Å². The summed E-state index contributed by atoms with van der Waals surface area (Å²) < 4.78 is 0. The molecular weight excluding hydrogens is 142 g/mol. The van der Waals surface area contributed by atoms with Gasteiger partial charge in [-0.2, -0.15) is 0 Å². The molecule has 0 radical (unpaired) electrons. The van der Waals surface area contributed by atoms with E-state index in [-0.39, 0.29) is 23.5 Å². The Morgan fingerprint density at radius 3 is 2.09 bits per heavy atom. The van der Waals surface area contributed by atoms with Gasteiger partial charge in [0.05, 0.1) is 0 Å². The van der Waals surface area contributed by atoms with E-state index in [1.165, 1.54) is 0 Å². The zero-order valence-corrected chi connectivity index (χ0v) is 6.67. The number of carbonyl (C=O) groups excluding carboxylic acids is 2. The third-order valence-electron chi connectivity index (χ3n) is 2.41. The molecule has 0 aromatic carbocycles. The number of rotatable bonds is 2. The van der Waals surface area contributed by atoms with Crippen molar-refractivity contribution in [3.63, 3.8) is 0 Å². The Hall–Kier alpha value is -0.860. The minimum atomic E-state index is -0.256. The molecule has 0 bridgehead atoms. The lowest BCUT2D eigenvalue weighted by molar-refractivity contribution is -0.122. The predicted octanol–water partition coefficient (Wildman–Crippen LogP) is 0.477. The molecule has 0 aromatic rings. The molecule has 1 rings (SSSR count). The van der Waals surface area contributed by atoms with Crippen molar-refractivity contribution in [2.24, 2.45) is 17.6 Å². The number of nitrogens with two attached hydrogens (primary N) is 1. The van der Waals surface area contributed by atoms with Crippen LogP contribution < -0.4 is 5.73 Å². The number of Topliss-reactive ketones (excluding diaryl/α,β-unsaturated/α-hetero) is 1. The first-order chi connectivity index (χ1) is 5.11. The first-order valence-electron chi connectivity index (χ1n) is 3.91. The van der Waals surface area contributed by atoms with Crippen LogP contribution in [-0.4, -0.2) is 11.7 Å². The van der Waals surface area contributed by atoms with Crippen molar-refractivity contribution in [2.75, 3.05) is 0 Å². The predicted molar refractivity (Wildman–Crippen MR) is 40.7 cm³/mol. The number of carbonyl (C=O) groups is 2. The van der Waals surface area contributed by atoms with Crippen LogP contribution in [0.15, 0.2) is 0 Å². The fourth-order valence-corrected chi connectivity index (χ4v) is 1.61. The molecule has 1 fully saturated rings. The van der Waals surface area contributed by atoms with Gasteiger partial charge in [-0.05, 0) is 26.2 Å². The lowest BCUT2D eigenvalue weighted by atomic mass is 10.0. The number of hydrogen-bond donors (Lipinski definition) is 1. The molecule has 1 aliphatic carbocycles. The zero-order valence-electron chi connectivity index (χ0n) is 6.67. The lowest BCUT2D eigenvalue weighted by Crippen LogP contribution is -2.21. The molecule has 0 heterocycles. The van der Waals surface area contributed by atoms with Crippen LogP contribution in [0.1, 0.15) is 26.2 Å². The van der Waals surface area contributed by atoms with Crippen LogP contribution in [0.25, 0.3) is 0 Å².